The monoisotopic (exact) mass is 144 g/mol. The number of amides is 1. The van der Waals surface area contributed by atoms with Gasteiger partial charge in [-0.25, -0.2) is 4.79 Å². The molecule has 0 rings (SSSR count). The molecule has 0 aliphatic rings. The van der Waals surface area contributed by atoms with E-state index in [4.69, 9.17) is 0 Å². The van der Waals surface area contributed by atoms with Crippen LogP contribution in [0.3, 0.4) is 0 Å². The van der Waals surface area contributed by atoms with Gasteiger partial charge in [-0.15, -0.1) is 0 Å². The molecule has 0 bridgehead atoms. The van der Waals surface area contributed by atoms with Crippen molar-refractivity contribution in [2.45, 2.75) is 19.9 Å². The molecule has 0 fully saturated rings. The van der Waals surface area contributed by atoms with E-state index in [1.165, 1.54) is 6.92 Å². The zero-order chi connectivity index (χ0) is 7.98. The molecule has 1 N–H and O–H groups in total. The molecular formula is C6H10NO3. The van der Waals surface area contributed by atoms with E-state index in [0.717, 1.165) is 0 Å². The molecule has 0 saturated carbocycles. The Morgan fingerprint density at radius 3 is 2.80 bits per heavy atom. The number of carbonyl (C=O) groups is 1. The van der Waals surface area contributed by atoms with Crippen LogP contribution in [0.1, 0.15) is 13.8 Å². The Bertz CT molecular complexity index is 124. The van der Waals surface area contributed by atoms with Crippen LogP contribution < -0.4 is 5.32 Å². The minimum Gasteiger partial charge on any atom is -0.450 e. The molecule has 0 spiro atoms. The summed E-state index contributed by atoms with van der Waals surface area (Å²) in [6, 6.07) is -0.598. The highest BCUT2D eigenvalue weighted by Crippen LogP contribution is 1.79. The third kappa shape index (κ3) is 3.88. The van der Waals surface area contributed by atoms with Crippen LogP contribution in [0.4, 0.5) is 4.79 Å². The van der Waals surface area contributed by atoms with Gasteiger partial charge in [-0.3, -0.25) is 4.79 Å². The van der Waals surface area contributed by atoms with E-state index in [0.29, 0.717) is 6.61 Å². The second-order valence-corrected chi connectivity index (χ2v) is 1.70. The molecule has 1 radical (unpaired) electrons. The summed E-state index contributed by atoms with van der Waals surface area (Å²) < 4.78 is 4.49. The fraction of sp³-hybridized carbons (Fsp3) is 0.667. The summed E-state index contributed by atoms with van der Waals surface area (Å²) in [7, 11) is 0. The third-order valence-electron chi connectivity index (χ3n) is 0.787. The summed E-state index contributed by atoms with van der Waals surface area (Å²) >= 11 is 0. The molecule has 57 valence electrons. The molecule has 0 saturated heterocycles. The number of ether oxygens (including phenoxy) is 1. The molecule has 4 heteroatoms. The molecule has 1 amide bonds. The highest BCUT2D eigenvalue weighted by atomic mass is 16.5. The first kappa shape index (κ1) is 8.94. The summed E-state index contributed by atoms with van der Waals surface area (Å²) in [5, 5.41) is 2.25. The Balaban J connectivity index is 3.46. The lowest BCUT2D eigenvalue weighted by molar-refractivity contribution is 0.151. The maximum absolute atomic E-state index is 10.5. The van der Waals surface area contributed by atoms with Gasteiger partial charge in [0.15, 0.2) is 0 Å². The molecule has 4 nitrogen and oxygen atoms in total. The van der Waals surface area contributed by atoms with Gasteiger partial charge < -0.3 is 10.1 Å². The Hall–Kier alpha value is -1.06. The van der Waals surface area contributed by atoms with Crippen LogP contribution >= 0.6 is 0 Å². The molecule has 1 atom stereocenters. The topological polar surface area (TPSA) is 55.4 Å². The van der Waals surface area contributed by atoms with E-state index >= 15 is 0 Å². The summed E-state index contributed by atoms with van der Waals surface area (Å²) in [6.07, 6.45) is 1.01. The quantitative estimate of drug-likeness (QED) is 0.616. The van der Waals surface area contributed by atoms with Crippen molar-refractivity contribution in [1.29, 1.82) is 0 Å². The van der Waals surface area contributed by atoms with Crippen molar-refractivity contribution in [3.05, 3.63) is 0 Å². The Morgan fingerprint density at radius 2 is 2.40 bits per heavy atom. The maximum atomic E-state index is 10.5. The first-order chi connectivity index (χ1) is 4.70. The van der Waals surface area contributed by atoms with Crippen LogP contribution in [0.2, 0.25) is 0 Å². The lowest BCUT2D eigenvalue weighted by Crippen LogP contribution is -2.33. The maximum Gasteiger partial charge on any atom is 0.407 e. The average Bonchev–Trinajstić information content (AvgIpc) is 1.88. The van der Waals surface area contributed by atoms with Crippen LogP contribution in [0.25, 0.3) is 0 Å². The molecule has 0 aliphatic carbocycles. The Kier molecular flexibility index (Phi) is 4.28. The van der Waals surface area contributed by atoms with Gasteiger partial charge in [-0.1, -0.05) is 0 Å². The van der Waals surface area contributed by atoms with Crippen molar-refractivity contribution < 1.29 is 14.3 Å². The number of alkyl carbamates (subject to hydrolysis) is 1. The van der Waals surface area contributed by atoms with Crippen molar-refractivity contribution >= 4 is 12.4 Å². The molecule has 0 heterocycles. The number of hydrogen-bond acceptors (Lipinski definition) is 3. The Morgan fingerprint density at radius 1 is 1.80 bits per heavy atom. The second-order valence-electron chi connectivity index (χ2n) is 1.70. The van der Waals surface area contributed by atoms with Gasteiger partial charge in [0.2, 0.25) is 6.29 Å². The molecule has 0 aromatic carbocycles. The smallest absolute Gasteiger partial charge is 0.407 e. The van der Waals surface area contributed by atoms with Gasteiger partial charge in [-0.2, -0.15) is 0 Å². The van der Waals surface area contributed by atoms with Crippen molar-refractivity contribution in [2.24, 2.45) is 0 Å². The largest absolute Gasteiger partial charge is 0.450 e. The highest BCUT2D eigenvalue weighted by Gasteiger charge is 2.05. The molecule has 10 heavy (non-hydrogen) atoms. The minimum absolute atomic E-state index is 0.303. The molecule has 1 unspecified atom stereocenters. The molecular weight excluding hydrogens is 134 g/mol. The van der Waals surface area contributed by atoms with Crippen LogP contribution in [0, 0.1) is 0 Å². The molecule has 0 aromatic heterocycles. The van der Waals surface area contributed by atoms with Crippen LogP contribution in [-0.4, -0.2) is 25.0 Å². The van der Waals surface area contributed by atoms with E-state index in [2.05, 4.69) is 10.1 Å². The van der Waals surface area contributed by atoms with Gasteiger partial charge in [0.05, 0.1) is 12.6 Å². The third-order valence-corrected chi connectivity index (χ3v) is 0.787. The zero-order valence-electron chi connectivity index (χ0n) is 6.01. The number of hydrogen-bond donors (Lipinski definition) is 1. The van der Waals surface area contributed by atoms with Gasteiger partial charge in [0.1, 0.15) is 0 Å². The molecule has 0 aromatic rings. The van der Waals surface area contributed by atoms with Crippen LogP contribution in [-0.2, 0) is 9.53 Å². The predicted octanol–water partition coefficient (Wildman–Crippen LogP) is 0.231. The van der Waals surface area contributed by atoms with Gasteiger partial charge in [0.25, 0.3) is 0 Å². The first-order valence-corrected chi connectivity index (χ1v) is 3.01. The van der Waals surface area contributed by atoms with Gasteiger partial charge in [0, 0.05) is 0 Å². The SMILES string of the molecule is CCOC(=O)NC(C)[C]=O. The van der Waals surface area contributed by atoms with E-state index in [-0.39, 0.29) is 0 Å². The first-order valence-electron chi connectivity index (χ1n) is 3.01. The molecule has 0 aliphatic heterocycles. The predicted molar refractivity (Wildman–Crippen MR) is 35.3 cm³/mol. The van der Waals surface area contributed by atoms with E-state index < -0.39 is 12.1 Å². The summed E-state index contributed by atoms with van der Waals surface area (Å²) in [5.74, 6) is 0. The van der Waals surface area contributed by atoms with Crippen molar-refractivity contribution in [1.82, 2.24) is 5.32 Å². The van der Waals surface area contributed by atoms with Gasteiger partial charge in [-0.05, 0) is 13.8 Å². The van der Waals surface area contributed by atoms with Crippen LogP contribution in [0.5, 0.6) is 0 Å². The lowest BCUT2D eigenvalue weighted by atomic mass is 10.4. The fourth-order valence-electron chi connectivity index (χ4n) is 0.379. The average molecular weight is 144 g/mol. The van der Waals surface area contributed by atoms with Gasteiger partial charge >= 0.3 is 6.09 Å². The highest BCUT2D eigenvalue weighted by molar-refractivity contribution is 5.72. The number of nitrogens with one attached hydrogen (secondary N) is 1. The standard InChI is InChI=1S/C6H10NO3/c1-3-10-6(9)7-5(2)4-8/h5H,3H2,1-2H3,(H,7,9). The number of carbonyl (C=O) groups excluding carboxylic acids is 2. The fourth-order valence-corrected chi connectivity index (χ4v) is 0.379. The summed E-state index contributed by atoms with van der Waals surface area (Å²) in [5.41, 5.74) is 0. The van der Waals surface area contributed by atoms with Crippen molar-refractivity contribution in [3.63, 3.8) is 0 Å². The van der Waals surface area contributed by atoms with E-state index in [9.17, 15) is 9.59 Å². The van der Waals surface area contributed by atoms with E-state index in [1.54, 1.807) is 13.2 Å². The normalized spacial score (nSPS) is 11.8. The summed E-state index contributed by atoms with van der Waals surface area (Å²) in [6.45, 7) is 3.51. The Labute approximate surface area is 59.6 Å². The van der Waals surface area contributed by atoms with E-state index in [1.807, 2.05) is 0 Å². The van der Waals surface area contributed by atoms with Crippen molar-refractivity contribution in [3.8, 4) is 0 Å². The second kappa shape index (κ2) is 4.78. The minimum atomic E-state index is -0.598. The summed E-state index contributed by atoms with van der Waals surface area (Å²) in [4.78, 5) is 20.3. The zero-order valence-corrected chi connectivity index (χ0v) is 6.01. The van der Waals surface area contributed by atoms with Crippen molar-refractivity contribution in [2.75, 3.05) is 6.61 Å². The number of rotatable bonds is 3. The van der Waals surface area contributed by atoms with Crippen LogP contribution in [0.15, 0.2) is 0 Å². The lowest BCUT2D eigenvalue weighted by Gasteiger charge is -2.05.